The second-order valence-corrected chi connectivity index (χ2v) is 7.93. The van der Waals surface area contributed by atoms with Crippen LogP contribution >= 0.6 is 11.3 Å². The van der Waals surface area contributed by atoms with Crippen molar-refractivity contribution in [2.45, 2.75) is 26.6 Å². The first-order valence-electron chi connectivity index (χ1n) is 9.76. The van der Waals surface area contributed by atoms with Crippen molar-refractivity contribution in [1.29, 1.82) is 0 Å². The number of hydrogen-bond donors (Lipinski definition) is 0. The number of aromatic nitrogens is 2. The number of rotatable bonds is 6. The van der Waals surface area contributed by atoms with E-state index in [4.69, 9.17) is 4.74 Å². The molecule has 3 aromatic rings. The fourth-order valence-electron chi connectivity index (χ4n) is 3.48. The molecule has 1 aliphatic rings. The van der Waals surface area contributed by atoms with Crippen molar-refractivity contribution in [2.75, 3.05) is 19.7 Å². The highest BCUT2D eigenvalue weighted by atomic mass is 32.1. The monoisotopic (exact) mass is 408 g/mol. The minimum absolute atomic E-state index is 0.0159. The zero-order valence-electron chi connectivity index (χ0n) is 16.5. The van der Waals surface area contributed by atoms with Gasteiger partial charge in [0.2, 0.25) is 0 Å². The van der Waals surface area contributed by atoms with Crippen molar-refractivity contribution in [1.82, 2.24) is 19.8 Å². The Morgan fingerprint density at radius 3 is 2.76 bits per heavy atom. The van der Waals surface area contributed by atoms with Crippen molar-refractivity contribution in [3.63, 3.8) is 0 Å². The van der Waals surface area contributed by atoms with Crippen LogP contribution in [0, 0.1) is 0 Å². The van der Waals surface area contributed by atoms with E-state index in [1.807, 2.05) is 23.4 Å². The van der Waals surface area contributed by atoms with E-state index in [0.717, 1.165) is 30.9 Å². The molecule has 2 aromatic heterocycles. The summed E-state index contributed by atoms with van der Waals surface area (Å²) in [5.74, 6) is 0.882. The van der Waals surface area contributed by atoms with E-state index < -0.39 is 0 Å². The first-order chi connectivity index (χ1) is 14.2. The summed E-state index contributed by atoms with van der Waals surface area (Å²) < 4.78 is 5.90. The molecule has 1 amide bonds. The lowest BCUT2D eigenvalue weighted by atomic mass is 10.1. The normalized spacial score (nSPS) is 13.7. The summed E-state index contributed by atoms with van der Waals surface area (Å²) in [6.45, 7) is 6.47. The minimum atomic E-state index is 0.0159. The van der Waals surface area contributed by atoms with Crippen LogP contribution in [0.1, 0.15) is 33.3 Å². The number of carbonyl (C=O) groups excluding carboxylic acids is 1. The van der Waals surface area contributed by atoms with E-state index in [0.29, 0.717) is 24.6 Å². The Kier molecular flexibility index (Phi) is 6.17. The van der Waals surface area contributed by atoms with Crippen LogP contribution in [0.25, 0.3) is 0 Å². The van der Waals surface area contributed by atoms with Crippen molar-refractivity contribution in [3.8, 4) is 5.75 Å². The third kappa shape index (κ3) is 4.81. The molecule has 7 heteroatoms. The molecule has 4 rings (SSSR count). The number of amides is 1. The van der Waals surface area contributed by atoms with Crippen molar-refractivity contribution in [2.24, 2.45) is 0 Å². The largest absolute Gasteiger partial charge is 0.491 e. The predicted octanol–water partition coefficient (Wildman–Crippen LogP) is 3.60. The fourth-order valence-corrected chi connectivity index (χ4v) is 4.07. The lowest BCUT2D eigenvalue weighted by molar-refractivity contribution is 0.0738. The molecule has 0 fully saturated rings. The van der Waals surface area contributed by atoms with Crippen LogP contribution < -0.4 is 4.74 Å². The molecule has 0 bridgehead atoms. The molecule has 0 aliphatic carbocycles. The van der Waals surface area contributed by atoms with E-state index >= 15 is 0 Å². The molecule has 6 nitrogen and oxygen atoms in total. The van der Waals surface area contributed by atoms with Crippen LogP contribution in [0.3, 0.4) is 0 Å². The van der Waals surface area contributed by atoms with E-state index in [9.17, 15) is 4.79 Å². The third-order valence-corrected chi connectivity index (χ3v) is 5.81. The molecule has 150 valence electrons. The molecule has 0 N–H and O–H groups in total. The van der Waals surface area contributed by atoms with Gasteiger partial charge in [-0.25, -0.2) is 0 Å². The molecule has 1 aliphatic heterocycles. The molecule has 1 aromatic carbocycles. The maximum Gasteiger partial charge on any atom is 0.265 e. The molecule has 0 radical (unpaired) electrons. The van der Waals surface area contributed by atoms with Gasteiger partial charge in [-0.05, 0) is 41.9 Å². The number of ether oxygens (including phenoxy) is 1. The van der Waals surface area contributed by atoms with E-state index in [1.54, 1.807) is 11.7 Å². The Morgan fingerprint density at radius 1 is 1.17 bits per heavy atom. The van der Waals surface area contributed by atoms with Gasteiger partial charge < -0.3 is 9.64 Å². The zero-order chi connectivity index (χ0) is 20.1. The maximum absolute atomic E-state index is 12.8. The maximum atomic E-state index is 12.8. The second-order valence-electron chi connectivity index (χ2n) is 7.04. The average molecular weight is 409 g/mol. The zero-order valence-corrected chi connectivity index (χ0v) is 17.3. The number of pyridine rings is 1. The summed E-state index contributed by atoms with van der Waals surface area (Å²) in [6.07, 6.45) is 5.30. The van der Waals surface area contributed by atoms with Crippen LogP contribution in [0.15, 0.2) is 54.4 Å². The molecule has 29 heavy (non-hydrogen) atoms. The van der Waals surface area contributed by atoms with Gasteiger partial charge in [0.25, 0.3) is 5.91 Å². The van der Waals surface area contributed by atoms with Crippen LogP contribution in [0.2, 0.25) is 0 Å². The van der Waals surface area contributed by atoms with E-state index in [1.165, 1.54) is 22.5 Å². The second kappa shape index (κ2) is 9.15. The van der Waals surface area contributed by atoms with Crippen LogP contribution in [-0.4, -0.2) is 45.4 Å². The van der Waals surface area contributed by atoms with Crippen LogP contribution in [0.5, 0.6) is 5.75 Å². The summed E-state index contributed by atoms with van der Waals surface area (Å²) in [5, 5.41) is 0. The highest BCUT2D eigenvalue weighted by Gasteiger charge is 2.22. The topological polar surface area (TPSA) is 58.6 Å². The Balaban J connectivity index is 1.49. The number of carbonyl (C=O) groups is 1. The first-order valence-corrected chi connectivity index (χ1v) is 10.6. The summed E-state index contributed by atoms with van der Waals surface area (Å²) in [5.41, 5.74) is 5.21. The van der Waals surface area contributed by atoms with Crippen molar-refractivity contribution in [3.05, 3.63) is 76.0 Å². The standard InChI is InChI=1S/C22H24N4O2S/c1-2-25(13-17-5-7-23-8-6-17)14-18-3-4-20-19(11-18)15-26(9-10-28-20)22(27)21-12-24-16-29-21/h3-8,11-12,16H,2,9-10,13-15H2,1H3. The van der Waals surface area contributed by atoms with Crippen LogP contribution in [-0.2, 0) is 19.6 Å². The summed E-state index contributed by atoms with van der Waals surface area (Å²) in [7, 11) is 0. The summed E-state index contributed by atoms with van der Waals surface area (Å²) in [6, 6.07) is 10.4. The molecule has 0 saturated heterocycles. The quantitative estimate of drug-likeness (QED) is 0.624. The van der Waals surface area contributed by atoms with Gasteiger partial charge in [0.1, 0.15) is 17.2 Å². The highest BCUT2D eigenvalue weighted by Crippen LogP contribution is 2.26. The lowest BCUT2D eigenvalue weighted by Gasteiger charge is -2.22. The smallest absolute Gasteiger partial charge is 0.265 e. The van der Waals surface area contributed by atoms with Gasteiger partial charge in [0, 0.05) is 37.6 Å². The molecule has 0 saturated carbocycles. The Bertz CT molecular complexity index is 947. The van der Waals surface area contributed by atoms with Crippen molar-refractivity contribution < 1.29 is 9.53 Å². The van der Waals surface area contributed by atoms with Gasteiger partial charge in [-0.15, -0.1) is 11.3 Å². The lowest BCUT2D eigenvalue weighted by Crippen LogP contribution is -2.32. The Labute approximate surface area is 174 Å². The number of nitrogens with zero attached hydrogens (tertiary/aromatic N) is 4. The van der Waals surface area contributed by atoms with Crippen molar-refractivity contribution >= 4 is 17.2 Å². The van der Waals surface area contributed by atoms with Gasteiger partial charge in [0.15, 0.2) is 0 Å². The molecular weight excluding hydrogens is 384 g/mol. The number of benzene rings is 1. The van der Waals surface area contributed by atoms with E-state index in [-0.39, 0.29) is 5.91 Å². The summed E-state index contributed by atoms with van der Waals surface area (Å²) >= 11 is 1.37. The van der Waals surface area contributed by atoms with Gasteiger partial charge in [0.05, 0.1) is 18.3 Å². The molecule has 3 heterocycles. The predicted molar refractivity (Wildman–Crippen MR) is 113 cm³/mol. The number of hydrogen-bond acceptors (Lipinski definition) is 6. The average Bonchev–Trinajstić information content (AvgIpc) is 3.20. The first kappa shape index (κ1) is 19.5. The highest BCUT2D eigenvalue weighted by molar-refractivity contribution is 7.11. The molecular formula is C22H24N4O2S. The minimum Gasteiger partial charge on any atom is -0.491 e. The molecule has 0 spiro atoms. The molecule has 0 atom stereocenters. The number of fused-ring (bicyclic) bond motifs is 1. The Hall–Kier alpha value is -2.77. The SMILES string of the molecule is CCN(Cc1ccncc1)Cc1ccc2c(c1)CN(C(=O)c1cncs1)CCO2. The van der Waals surface area contributed by atoms with Gasteiger partial charge >= 0.3 is 0 Å². The summed E-state index contributed by atoms with van der Waals surface area (Å²) in [4.78, 5) is 25.8. The van der Waals surface area contributed by atoms with Gasteiger partial charge in [-0.3, -0.25) is 19.7 Å². The Morgan fingerprint density at radius 2 is 2.00 bits per heavy atom. The van der Waals surface area contributed by atoms with Gasteiger partial charge in [-0.1, -0.05) is 13.0 Å². The fraction of sp³-hybridized carbons (Fsp3) is 0.318. The number of thiazole rings is 1. The third-order valence-electron chi connectivity index (χ3n) is 5.04. The molecule has 0 unspecified atom stereocenters. The van der Waals surface area contributed by atoms with Gasteiger partial charge in [-0.2, -0.15) is 0 Å². The van der Waals surface area contributed by atoms with E-state index in [2.05, 4.69) is 46.1 Å². The van der Waals surface area contributed by atoms with Crippen LogP contribution in [0.4, 0.5) is 0 Å².